The molecule has 0 aromatic heterocycles. The van der Waals surface area contributed by atoms with E-state index in [1.54, 1.807) is 18.2 Å². The Kier molecular flexibility index (Phi) is 3.70. The highest BCUT2D eigenvalue weighted by Crippen LogP contribution is 2.32. The van der Waals surface area contributed by atoms with Crippen LogP contribution in [0.5, 0.6) is 5.75 Å². The minimum Gasteiger partial charge on any atom is -0.489 e. The minimum atomic E-state index is -0.407. The molecule has 1 N–H and O–H groups in total. The summed E-state index contributed by atoms with van der Waals surface area (Å²) < 4.78 is 19.1. The smallest absolute Gasteiger partial charge is 0.129 e. The number of fused-ring (bicyclic) bond motifs is 1. The highest BCUT2D eigenvalue weighted by molar-refractivity contribution is 5.38. The van der Waals surface area contributed by atoms with Gasteiger partial charge in [0.05, 0.1) is 6.10 Å². The molecule has 0 bridgehead atoms. The van der Waals surface area contributed by atoms with E-state index < -0.39 is 6.10 Å². The van der Waals surface area contributed by atoms with Crippen LogP contribution in [0.2, 0.25) is 0 Å². The highest BCUT2D eigenvalue weighted by atomic mass is 19.1. The first kappa shape index (κ1) is 13.1. The van der Waals surface area contributed by atoms with Crippen molar-refractivity contribution in [2.45, 2.75) is 32.0 Å². The monoisotopic (exact) mass is 272 g/mol. The van der Waals surface area contributed by atoms with Crippen molar-refractivity contribution < 1.29 is 14.2 Å². The molecular weight excluding hydrogens is 255 g/mol. The van der Waals surface area contributed by atoms with Gasteiger partial charge in [0, 0.05) is 5.56 Å². The standard InChI is InChI=1S/C17H17FO2/c18-16-6-2-1-4-13(16)11-20-14-9-8-12-5-3-7-17(19)15(12)10-14/h1-2,4,6,8-10,17,19H,3,5,7,11H2/t17-/m1/s1. The largest absolute Gasteiger partial charge is 0.489 e. The summed E-state index contributed by atoms with van der Waals surface area (Å²) in [5.74, 6) is 0.415. The Hall–Kier alpha value is -1.87. The zero-order chi connectivity index (χ0) is 13.9. The maximum Gasteiger partial charge on any atom is 0.129 e. The molecule has 0 saturated carbocycles. The summed E-state index contributed by atoms with van der Waals surface area (Å²) in [5.41, 5.74) is 2.66. The van der Waals surface area contributed by atoms with Crippen molar-refractivity contribution in [2.75, 3.05) is 0 Å². The van der Waals surface area contributed by atoms with Gasteiger partial charge < -0.3 is 9.84 Å². The van der Waals surface area contributed by atoms with Gasteiger partial charge in [0.25, 0.3) is 0 Å². The predicted octanol–water partition coefficient (Wildman–Crippen LogP) is 3.77. The first-order valence-electron chi connectivity index (χ1n) is 6.91. The fourth-order valence-electron chi connectivity index (χ4n) is 2.62. The predicted molar refractivity (Wildman–Crippen MR) is 75.1 cm³/mol. The summed E-state index contributed by atoms with van der Waals surface area (Å²) in [6.07, 6.45) is 2.41. The van der Waals surface area contributed by atoms with Crippen LogP contribution in [-0.2, 0) is 13.0 Å². The molecule has 0 unspecified atom stereocenters. The van der Waals surface area contributed by atoms with Gasteiger partial charge in [-0.3, -0.25) is 0 Å². The number of hydrogen-bond donors (Lipinski definition) is 1. The Morgan fingerprint density at radius 3 is 2.90 bits per heavy atom. The van der Waals surface area contributed by atoms with Crippen molar-refractivity contribution >= 4 is 0 Å². The number of benzene rings is 2. The third-order valence-electron chi connectivity index (χ3n) is 3.75. The minimum absolute atomic E-state index is 0.196. The molecular formula is C17H17FO2. The van der Waals surface area contributed by atoms with Gasteiger partial charge >= 0.3 is 0 Å². The van der Waals surface area contributed by atoms with Crippen LogP contribution >= 0.6 is 0 Å². The number of ether oxygens (including phenoxy) is 1. The third-order valence-corrected chi connectivity index (χ3v) is 3.75. The second-order valence-electron chi connectivity index (χ2n) is 5.15. The van der Waals surface area contributed by atoms with E-state index in [1.165, 1.54) is 11.6 Å². The fourth-order valence-corrected chi connectivity index (χ4v) is 2.62. The second-order valence-corrected chi connectivity index (χ2v) is 5.15. The average molecular weight is 272 g/mol. The average Bonchev–Trinajstić information content (AvgIpc) is 2.47. The van der Waals surface area contributed by atoms with Crippen LogP contribution < -0.4 is 4.74 Å². The molecule has 0 heterocycles. The van der Waals surface area contributed by atoms with E-state index in [0.29, 0.717) is 11.3 Å². The molecule has 0 spiro atoms. The van der Waals surface area contributed by atoms with Crippen molar-refractivity contribution in [1.82, 2.24) is 0 Å². The van der Waals surface area contributed by atoms with E-state index in [2.05, 4.69) is 0 Å². The van der Waals surface area contributed by atoms with Gasteiger partial charge in [0.1, 0.15) is 18.2 Å². The van der Waals surface area contributed by atoms with Crippen LogP contribution in [0.15, 0.2) is 42.5 Å². The van der Waals surface area contributed by atoms with Crippen molar-refractivity contribution in [3.63, 3.8) is 0 Å². The van der Waals surface area contributed by atoms with Crippen molar-refractivity contribution in [3.05, 3.63) is 65.0 Å². The molecule has 20 heavy (non-hydrogen) atoms. The third kappa shape index (κ3) is 2.68. The van der Waals surface area contributed by atoms with Gasteiger partial charge in [-0.15, -0.1) is 0 Å². The normalized spacial score (nSPS) is 17.6. The summed E-state index contributed by atoms with van der Waals surface area (Å²) in [5, 5.41) is 10.00. The lowest BCUT2D eigenvalue weighted by molar-refractivity contribution is 0.156. The number of hydrogen-bond acceptors (Lipinski definition) is 2. The van der Waals surface area contributed by atoms with Gasteiger partial charge in [-0.05, 0) is 48.6 Å². The van der Waals surface area contributed by atoms with Crippen LogP contribution in [0.3, 0.4) is 0 Å². The summed E-state index contributed by atoms with van der Waals surface area (Å²) in [7, 11) is 0. The Bertz CT molecular complexity index is 610. The summed E-state index contributed by atoms with van der Waals surface area (Å²) in [6, 6.07) is 12.3. The maximum absolute atomic E-state index is 13.5. The first-order chi connectivity index (χ1) is 9.74. The maximum atomic E-state index is 13.5. The van der Waals surface area contributed by atoms with E-state index in [0.717, 1.165) is 24.8 Å². The van der Waals surface area contributed by atoms with Crippen molar-refractivity contribution in [3.8, 4) is 5.75 Å². The molecule has 0 aliphatic heterocycles. The van der Waals surface area contributed by atoms with Crippen molar-refractivity contribution in [1.29, 1.82) is 0 Å². The van der Waals surface area contributed by atoms with Gasteiger partial charge in [0.15, 0.2) is 0 Å². The summed E-state index contributed by atoms with van der Waals surface area (Å²) >= 11 is 0. The molecule has 104 valence electrons. The van der Waals surface area contributed by atoms with E-state index in [-0.39, 0.29) is 12.4 Å². The molecule has 0 amide bonds. The zero-order valence-electron chi connectivity index (χ0n) is 11.2. The number of rotatable bonds is 3. The number of aryl methyl sites for hydroxylation is 1. The van der Waals surface area contributed by atoms with Gasteiger partial charge in [-0.1, -0.05) is 24.3 Å². The van der Waals surface area contributed by atoms with Crippen LogP contribution in [0.4, 0.5) is 4.39 Å². The topological polar surface area (TPSA) is 29.5 Å². The number of aliphatic hydroxyl groups excluding tert-OH is 1. The highest BCUT2D eigenvalue weighted by Gasteiger charge is 2.18. The van der Waals surface area contributed by atoms with Crippen LogP contribution in [0, 0.1) is 5.82 Å². The quantitative estimate of drug-likeness (QED) is 0.921. The Morgan fingerprint density at radius 1 is 1.20 bits per heavy atom. The number of halogens is 1. The molecule has 3 heteroatoms. The van der Waals surface area contributed by atoms with E-state index in [4.69, 9.17) is 4.74 Å². The Balaban J connectivity index is 1.75. The zero-order valence-corrected chi connectivity index (χ0v) is 11.2. The second kappa shape index (κ2) is 5.63. The van der Waals surface area contributed by atoms with Gasteiger partial charge in [-0.25, -0.2) is 4.39 Å². The SMILES string of the molecule is O[C@@H]1CCCc2ccc(OCc3ccccc3F)cc21. The summed E-state index contributed by atoms with van der Waals surface area (Å²) in [4.78, 5) is 0. The molecule has 2 aromatic rings. The molecule has 0 saturated heterocycles. The molecule has 0 fully saturated rings. The van der Waals surface area contributed by atoms with Gasteiger partial charge in [-0.2, -0.15) is 0 Å². The lowest BCUT2D eigenvalue weighted by atomic mass is 9.89. The first-order valence-corrected chi connectivity index (χ1v) is 6.91. The number of aliphatic hydroxyl groups is 1. The van der Waals surface area contributed by atoms with E-state index in [1.807, 2.05) is 18.2 Å². The Labute approximate surface area is 117 Å². The molecule has 1 atom stereocenters. The molecule has 2 nitrogen and oxygen atoms in total. The molecule has 1 aliphatic carbocycles. The van der Waals surface area contributed by atoms with Crippen LogP contribution in [0.25, 0.3) is 0 Å². The van der Waals surface area contributed by atoms with E-state index >= 15 is 0 Å². The van der Waals surface area contributed by atoms with Crippen molar-refractivity contribution in [2.24, 2.45) is 0 Å². The molecule has 1 aliphatic rings. The van der Waals surface area contributed by atoms with E-state index in [9.17, 15) is 9.50 Å². The lowest BCUT2D eigenvalue weighted by Gasteiger charge is -2.22. The van der Waals surface area contributed by atoms with Crippen LogP contribution in [-0.4, -0.2) is 5.11 Å². The molecule has 3 rings (SSSR count). The Morgan fingerprint density at radius 2 is 2.05 bits per heavy atom. The molecule has 0 radical (unpaired) electrons. The lowest BCUT2D eigenvalue weighted by Crippen LogP contribution is -2.09. The molecule has 2 aromatic carbocycles. The fraction of sp³-hybridized carbons (Fsp3) is 0.294. The van der Waals surface area contributed by atoms with Gasteiger partial charge in [0.2, 0.25) is 0 Å². The van der Waals surface area contributed by atoms with Crippen LogP contribution in [0.1, 0.15) is 35.6 Å². The summed E-state index contributed by atoms with van der Waals surface area (Å²) in [6.45, 7) is 0.196.